The van der Waals surface area contributed by atoms with Gasteiger partial charge in [-0.1, -0.05) is 19.3 Å². The molecule has 0 N–H and O–H groups in total. The van der Waals surface area contributed by atoms with Gasteiger partial charge in [-0.15, -0.1) is 0 Å². The van der Waals surface area contributed by atoms with E-state index in [1.165, 1.54) is 38.2 Å². The molecule has 0 aromatic rings. The highest BCUT2D eigenvalue weighted by Gasteiger charge is 2.34. The second-order valence-electron chi connectivity index (χ2n) is 3.09. The van der Waals surface area contributed by atoms with Crippen molar-refractivity contribution in [3.8, 4) is 0 Å². The molecule has 1 heterocycles. The van der Waals surface area contributed by atoms with E-state index in [2.05, 4.69) is 0 Å². The van der Waals surface area contributed by atoms with E-state index in [9.17, 15) is 0 Å². The van der Waals surface area contributed by atoms with E-state index in [1.807, 2.05) is 0 Å². The molecule has 1 aliphatic carbocycles. The lowest BCUT2D eigenvalue weighted by atomic mass is 9.87. The van der Waals surface area contributed by atoms with Crippen LogP contribution in [-0.2, 0) is 4.74 Å². The van der Waals surface area contributed by atoms with Crippen molar-refractivity contribution >= 4 is 0 Å². The standard InChI is InChI=1S/C8H13O/c1-2-4-7(5-3-1)8-6-9-8/h7H,1-6H2. The van der Waals surface area contributed by atoms with Gasteiger partial charge in [-0.05, 0) is 18.8 Å². The van der Waals surface area contributed by atoms with E-state index in [0.29, 0.717) is 0 Å². The van der Waals surface area contributed by atoms with Crippen LogP contribution in [0.25, 0.3) is 0 Å². The zero-order valence-electron chi connectivity index (χ0n) is 5.73. The summed E-state index contributed by atoms with van der Waals surface area (Å²) in [7, 11) is 0. The largest absolute Gasteiger partial charge is 0.366 e. The summed E-state index contributed by atoms with van der Waals surface area (Å²) in [6.07, 6.45) is 8.50. The molecule has 0 atom stereocenters. The van der Waals surface area contributed by atoms with Crippen molar-refractivity contribution in [2.75, 3.05) is 6.61 Å². The third-order valence-corrected chi connectivity index (χ3v) is 2.37. The molecule has 0 unspecified atom stereocenters. The maximum atomic E-state index is 5.16. The molecular formula is C8H13O. The van der Waals surface area contributed by atoms with Gasteiger partial charge < -0.3 is 4.74 Å². The molecule has 1 saturated heterocycles. The van der Waals surface area contributed by atoms with Crippen molar-refractivity contribution in [2.45, 2.75) is 32.1 Å². The van der Waals surface area contributed by atoms with Crippen molar-refractivity contribution in [1.82, 2.24) is 0 Å². The topological polar surface area (TPSA) is 12.5 Å². The van der Waals surface area contributed by atoms with Crippen LogP contribution in [0.4, 0.5) is 0 Å². The first-order chi connectivity index (χ1) is 4.47. The Morgan fingerprint density at radius 2 is 1.78 bits per heavy atom. The number of rotatable bonds is 1. The quantitative estimate of drug-likeness (QED) is 0.489. The summed E-state index contributed by atoms with van der Waals surface area (Å²) in [5.74, 6) is 0.860. The highest BCUT2D eigenvalue weighted by atomic mass is 16.6. The van der Waals surface area contributed by atoms with E-state index in [4.69, 9.17) is 4.74 Å². The molecule has 0 amide bonds. The summed E-state index contributed by atoms with van der Waals surface area (Å²) < 4.78 is 5.16. The van der Waals surface area contributed by atoms with Crippen LogP contribution in [0.3, 0.4) is 0 Å². The molecule has 1 radical (unpaired) electrons. The lowest BCUT2D eigenvalue weighted by Gasteiger charge is -2.18. The zero-order valence-corrected chi connectivity index (χ0v) is 5.73. The first kappa shape index (κ1) is 5.72. The Balaban J connectivity index is 1.80. The number of hydrogen-bond donors (Lipinski definition) is 0. The SMILES string of the molecule is C1CCC([C]2CO2)CC1. The molecule has 2 aliphatic rings. The minimum atomic E-state index is 0.860. The zero-order chi connectivity index (χ0) is 6.10. The fraction of sp³-hybridized carbons (Fsp3) is 0.875. The third kappa shape index (κ3) is 1.26. The summed E-state index contributed by atoms with van der Waals surface area (Å²) in [5, 5.41) is 0. The van der Waals surface area contributed by atoms with Crippen LogP contribution in [-0.4, -0.2) is 6.61 Å². The van der Waals surface area contributed by atoms with Crippen molar-refractivity contribution in [2.24, 2.45) is 5.92 Å². The normalized spacial score (nSPS) is 30.7. The Morgan fingerprint density at radius 1 is 1.11 bits per heavy atom. The van der Waals surface area contributed by atoms with Gasteiger partial charge in [0.2, 0.25) is 0 Å². The molecule has 2 rings (SSSR count). The van der Waals surface area contributed by atoms with Crippen molar-refractivity contribution in [3.63, 3.8) is 0 Å². The highest BCUT2D eigenvalue weighted by Crippen LogP contribution is 2.38. The number of ether oxygens (including phenoxy) is 1. The van der Waals surface area contributed by atoms with Crippen LogP contribution >= 0.6 is 0 Å². The van der Waals surface area contributed by atoms with Crippen LogP contribution in [0.5, 0.6) is 0 Å². The molecule has 9 heavy (non-hydrogen) atoms. The second-order valence-corrected chi connectivity index (χ2v) is 3.09. The van der Waals surface area contributed by atoms with E-state index >= 15 is 0 Å². The molecule has 2 fully saturated rings. The summed E-state index contributed by atoms with van der Waals surface area (Å²) in [4.78, 5) is 0. The van der Waals surface area contributed by atoms with Gasteiger partial charge in [0.1, 0.15) is 6.10 Å². The Labute approximate surface area is 56.4 Å². The Hall–Kier alpha value is -0.0400. The lowest BCUT2D eigenvalue weighted by molar-refractivity contribution is 0.326. The monoisotopic (exact) mass is 125 g/mol. The molecule has 0 aromatic carbocycles. The first-order valence-electron chi connectivity index (χ1n) is 3.95. The molecule has 0 aromatic heterocycles. The fourth-order valence-electron chi connectivity index (χ4n) is 1.70. The van der Waals surface area contributed by atoms with Crippen LogP contribution < -0.4 is 0 Å². The maximum Gasteiger partial charge on any atom is 0.126 e. The van der Waals surface area contributed by atoms with Gasteiger partial charge in [0.15, 0.2) is 0 Å². The second kappa shape index (κ2) is 2.30. The molecule has 51 valence electrons. The Kier molecular flexibility index (Phi) is 1.46. The number of hydrogen-bond acceptors (Lipinski definition) is 1. The molecule has 1 nitrogen and oxygen atoms in total. The third-order valence-electron chi connectivity index (χ3n) is 2.37. The van der Waals surface area contributed by atoms with Gasteiger partial charge in [0.25, 0.3) is 0 Å². The van der Waals surface area contributed by atoms with Crippen LogP contribution in [0.15, 0.2) is 0 Å². The van der Waals surface area contributed by atoms with Crippen molar-refractivity contribution in [1.29, 1.82) is 0 Å². The highest BCUT2D eigenvalue weighted by molar-refractivity contribution is 4.98. The average molecular weight is 125 g/mol. The van der Waals surface area contributed by atoms with Gasteiger partial charge in [0, 0.05) is 0 Å². The van der Waals surface area contributed by atoms with E-state index < -0.39 is 0 Å². The van der Waals surface area contributed by atoms with Gasteiger partial charge in [0.05, 0.1) is 6.61 Å². The molecular weight excluding hydrogens is 112 g/mol. The number of epoxide rings is 1. The Bertz CT molecular complexity index is 90.7. The predicted molar refractivity (Wildman–Crippen MR) is 35.8 cm³/mol. The molecule has 0 bridgehead atoms. The van der Waals surface area contributed by atoms with Crippen LogP contribution in [0, 0.1) is 12.0 Å². The summed E-state index contributed by atoms with van der Waals surface area (Å²) in [6, 6.07) is 0. The minimum Gasteiger partial charge on any atom is -0.366 e. The van der Waals surface area contributed by atoms with Gasteiger partial charge in [-0.3, -0.25) is 0 Å². The minimum absolute atomic E-state index is 0.860. The van der Waals surface area contributed by atoms with E-state index in [1.54, 1.807) is 0 Å². The predicted octanol–water partition coefficient (Wildman–Crippen LogP) is 2.13. The van der Waals surface area contributed by atoms with Gasteiger partial charge >= 0.3 is 0 Å². The van der Waals surface area contributed by atoms with E-state index in [0.717, 1.165) is 12.5 Å². The molecule has 1 aliphatic heterocycles. The van der Waals surface area contributed by atoms with Crippen LogP contribution in [0.1, 0.15) is 32.1 Å². The van der Waals surface area contributed by atoms with Gasteiger partial charge in [-0.2, -0.15) is 0 Å². The fourth-order valence-corrected chi connectivity index (χ4v) is 1.70. The summed E-state index contributed by atoms with van der Waals surface area (Å²) in [5.41, 5.74) is 0. The van der Waals surface area contributed by atoms with Gasteiger partial charge in [-0.25, -0.2) is 0 Å². The average Bonchev–Trinajstić information content (AvgIpc) is 2.71. The van der Waals surface area contributed by atoms with Crippen molar-refractivity contribution in [3.05, 3.63) is 6.10 Å². The first-order valence-corrected chi connectivity index (χ1v) is 3.95. The summed E-state index contributed by atoms with van der Waals surface area (Å²) >= 11 is 0. The van der Waals surface area contributed by atoms with E-state index in [-0.39, 0.29) is 0 Å². The van der Waals surface area contributed by atoms with Crippen LogP contribution in [0.2, 0.25) is 0 Å². The Morgan fingerprint density at radius 3 is 2.33 bits per heavy atom. The van der Waals surface area contributed by atoms with Crippen molar-refractivity contribution < 1.29 is 4.74 Å². The molecule has 0 spiro atoms. The smallest absolute Gasteiger partial charge is 0.126 e. The lowest BCUT2D eigenvalue weighted by Crippen LogP contribution is -2.07. The maximum absolute atomic E-state index is 5.16. The molecule has 1 heteroatoms. The molecule has 1 saturated carbocycles. The summed E-state index contributed by atoms with van der Waals surface area (Å²) in [6.45, 7) is 0.977.